The number of amides is 2. The Hall–Kier alpha value is -2.11. The van der Waals surface area contributed by atoms with Crippen molar-refractivity contribution in [2.24, 2.45) is 29.1 Å². The largest absolute Gasteiger partial charge is 0.481 e. The van der Waals surface area contributed by atoms with Crippen molar-refractivity contribution in [1.29, 1.82) is 0 Å². The second-order valence-electron chi connectivity index (χ2n) is 9.47. The Morgan fingerprint density at radius 3 is 2.18 bits per heavy atom. The standard InChI is InChI=1S/C22H31N3O3/c1-13(2)19(20(26)24-17-4-5-18(28-3)23-12-17)25-21(27)22-9-14-6-15(10-22)8-16(7-14)11-22/h4-5,12-16,19H,6-11H2,1-3H3,(H,24,26)(H,25,27). The minimum atomic E-state index is -0.553. The van der Waals surface area contributed by atoms with Crippen LogP contribution in [0.15, 0.2) is 18.3 Å². The lowest BCUT2D eigenvalue weighted by atomic mass is 9.49. The molecule has 0 saturated heterocycles. The zero-order valence-corrected chi connectivity index (χ0v) is 17.0. The van der Waals surface area contributed by atoms with Crippen LogP contribution in [-0.2, 0) is 9.59 Å². The number of rotatable bonds is 6. The quantitative estimate of drug-likeness (QED) is 0.787. The van der Waals surface area contributed by atoms with Crippen molar-refractivity contribution in [2.45, 2.75) is 58.4 Å². The summed E-state index contributed by atoms with van der Waals surface area (Å²) in [6.07, 6.45) is 8.45. The molecule has 152 valence electrons. The molecule has 5 rings (SSSR count). The van der Waals surface area contributed by atoms with Crippen LogP contribution in [0.4, 0.5) is 5.69 Å². The van der Waals surface area contributed by atoms with Gasteiger partial charge in [-0.2, -0.15) is 0 Å². The van der Waals surface area contributed by atoms with Crippen molar-refractivity contribution in [2.75, 3.05) is 12.4 Å². The molecule has 6 heteroatoms. The number of hydrogen-bond acceptors (Lipinski definition) is 4. The first-order valence-electron chi connectivity index (χ1n) is 10.5. The van der Waals surface area contributed by atoms with E-state index in [1.807, 2.05) is 13.8 Å². The third kappa shape index (κ3) is 3.61. The minimum absolute atomic E-state index is 0.00377. The lowest BCUT2D eigenvalue weighted by Crippen LogP contribution is -2.57. The zero-order valence-electron chi connectivity index (χ0n) is 17.0. The molecule has 2 amide bonds. The third-order valence-corrected chi connectivity index (χ3v) is 6.97. The number of aromatic nitrogens is 1. The molecule has 0 aliphatic heterocycles. The zero-order chi connectivity index (χ0) is 19.9. The van der Waals surface area contributed by atoms with E-state index in [0.29, 0.717) is 29.3 Å². The van der Waals surface area contributed by atoms with E-state index in [2.05, 4.69) is 15.6 Å². The summed E-state index contributed by atoms with van der Waals surface area (Å²) in [4.78, 5) is 30.3. The molecule has 4 bridgehead atoms. The molecule has 1 aromatic rings. The van der Waals surface area contributed by atoms with Crippen LogP contribution in [-0.4, -0.2) is 29.9 Å². The van der Waals surface area contributed by atoms with Gasteiger partial charge in [0, 0.05) is 11.5 Å². The molecule has 4 saturated carbocycles. The third-order valence-electron chi connectivity index (χ3n) is 6.97. The van der Waals surface area contributed by atoms with Crippen LogP contribution in [0.5, 0.6) is 5.88 Å². The number of methoxy groups -OCH3 is 1. The second-order valence-corrected chi connectivity index (χ2v) is 9.47. The molecular weight excluding hydrogens is 354 g/mol. The highest BCUT2D eigenvalue weighted by molar-refractivity contribution is 5.98. The average molecular weight is 386 g/mol. The van der Waals surface area contributed by atoms with Gasteiger partial charge in [0.2, 0.25) is 17.7 Å². The van der Waals surface area contributed by atoms with E-state index < -0.39 is 6.04 Å². The number of ether oxygens (including phenoxy) is 1. The molecule has 6 nitrogen and oxygen atoms in total. The Kier molecular flexibility index (Phi) is 5.06. The van der Waals surface area contributed by atoms with E-state index in [-0.39, 0.29) is 23.1 Å². The minimum Gasteiger partial charge on any atom is -0.481 e. The maximum Gasteiger partial charge on any atom is 0.247 e. The van der Waals surface area contributed by atoms with E-state index in [1.165, 1.54) is 19.3 Å². The number of carbonyl (C=O) groups is 2. The van der Waals surface area contributed by atoms with Crippen LogP contribution in [0.25, 0.3) is 0 Å². The molecule has 0 aromatic carbocycles. The highest BCUT2D eigenvalue weighted by Crippen LogP contribution is 2.60. The van der Waals surface area contributed by atoms with Gasteiger partial charge in [0.15, 0.2) is 0 Å². The number of hydrogen-bond donors (Lipinski definition) is 2. The molecule has 2 N–H and O–H groups in total. The van der Waals surface area contributed by atoms with Crippen molar-refractivity contribution >= 4 is 17.5 Å². The molecular formula is C22H31N3O3. The first kappa shape index (κ1) is 19.2. The monoisotopic (exact) mass is 385 g/mol. The van der Waals surface area contributed by atoms with Crippen LogP contribution in [0, 0.1) is 29.1 Å². The Morgan fingerprint density at radius 2 is 1.71 bits per heavy atom. The second kappa shape index (κ2) is 7.37. The Labute approximate surface area is 166 Å². The van der Waals surface area contributed by atoms with Gasteiger partial charge in [0.25, 0.3) is 0 Å². The molecule has 0 radical (unpaired) electrons. The molecule has 1 aromatic heterocycles. The summed E-state index contributed by atoms with van der Waals surface area (Å²) < 4.78 is 5.05. The Bertz CT molecular complexity index is 709. The average Bonchev–Trinajstić information content (AvgIpc) is 2.65. The van der Waals surface area contributed by atoms with E-state index in [0.717, 1.165) is 19.3 Å². The molecule has 4 aliphatic carbocycles. The summed E-state index contributed by atoms with van der Waals surface area (Å²) in [7, 11) is 1.55. The van der Waals surface area contributed by atoms with E-state index in [4.69, 9.17) is 4.74 Å². The van der Waals surface area contributed by atoms with Crippen LogP contribution in [0.1, 0.15) is 52.4 Å². The molecule has 4 fully saturated rings. The smallest absolute Gasteiger partial charge is 0.247 e. The van der Waals surface area contributed by atoms with Crippen LogP contribution in [0.3, 0.4) is 0 Å². The van der Waals surface area contributed by atoms with Gasteiger partial charge in [0.1, 0.15) is 6.04 Å². The van der Waals surface area contributed by atoms with Crippen molar-refractivity contribution in [3.05, 3.63) is 18.3 Å². The number of carbonyl (C=O) groups excluding carboxylic acids is 2. The summed E-state index contributed by atoms with van der Waals surface area (Å²) in [5.41, 5.74) is 0.351. The van der Waals surface area contributed by atoms with Gasteiger partial charge in [-0.1, -0.05) is 13.8 Å². The van der Waals surface area contributed by atoms with E-state index >= 15 is 0 Å². The number of anilines is 1. The van der Waals surface area contributed by atoms with E-state index in [9.17, 15) is 9.59 Å². The Morgan fingerprint density at radius 1 is 1.11 bits per heavy atom. The summed E-state index contributed by atoms with van der Waals surface area (Å²) in [6, 6.07) is 2.90. The van der Waals surface area contributed by atoms with Gasteiger partial charge in [-0.05, 0) is 68.3 Å². The first-order chi connectivity index (χ1) is 13.4. The summed E-state index contributed by atoms with van der Waals surface area (Å²) in [5, 5.41) is 6.00. The molecule has 1 atom stereocenters. The van der Waals surface area contributed by atoms with Crippen LogP contribution < -0.4 is 15.4 Å². The normalized spacial score (nSPS) is 31.5. The number of nitrogens with zero attached hydrogens (tertiary/aromatic N) is 1. The van der Waals surface area contributed by atoms with Gasteiger partial charge >= 0.3 is 0 Å². The topological polar surface area (TPSA) is 80.3 Å². The summed E-state index contributed by atoms with van der Waals surface area (Å²) in [6.45, 7) is 3.94. The highest BCUT2D eigenvalue weighted by Gasteiger charge is 2.55. The lowest BCUT2D eigenvalue weighted by molar-refractivity contribution is -0.148. The summed E-state index contributed by atoms with van der Waals surface area (Å²) >= 11 is 0. The van der Waals surface area contributed by atoms with Gasteiger partial charge in [-0.25, -0.2) is 4.98 Å². The lowest BCUT2D eigenvalue weighted by Gasteiger charge is -2.55. The number of pyridine rings is 1. The van der Waals surface area contributed by atoms with Crippen LogP contribution in [0.2, 0.25) is 0 Å². The van der Waals surface area contributed by atoms with Crippen molar-refractivity contribution in [3.63, 3.8) is 0 Å². The number of nitrogens with one attached hydrogen (secondary N) is 2. The van der Waals surface area contributed by atoms with Crippen molar-refractivity contribution in [1.82, 2.24) is 10.3 Å². The first-order valence-corrected chi connectivity index (χ1v) is 10.5. The van der Waals surface area contributed by atoms with Crippen molar-refractivity contribution < 1.29 is 14.3 Å². The van der Waals surface area contributed by atoms with Gasteiger partial charge in [0.05, 0.1) is 19.0 Å². The maximum atomic E-state index is 13.3. The fourth-order valence-electron chi connectivity index (χ4n) is 6.01. The van der Waals surface area contributed by atoms with Crippen molar-refractivity contribution in [3.8, 4) is 5.88 Å². The van der Waals surface area contributed by atoms with Gasteiger partial charge in [-0.15, -0.1) is 0 Å². The molecule has 4 aliphatic rings. The predicted octanol–water partition coefficient (Wildman–Crippen LogP) is 3.39. The molecule has 1 unspecified atom stereocenters. The molecule has 28 heavy (non-hydrogen) atoms. The van der Waals surface area contributed by atoms with Crippen LogP contribution >= 0.6 is 0 Å². The molecule has 0 spiro atoms. The highest BCUT2D eigenvalue weighted by atomic mass is 16.5. The fourth-order valence-corrected chi connectivity index (χ4v) is 6.01. The predicted molar refractivity (Wildman–Crippen MR) is 107 cm³/mol. The fraction of sp³-hybridized carbons (Fsp3) is 0.682. The Balaban J connectivity index is 1.44. The van der Waals surface area contributed by atoms with Gasteiger partial charge in [-0.3, -0.25) is 9.59 Å². The van der Waals surface area contributed by atoms with Gasteiger partial charge < -0.3 is 15.4 Å². The SMILES string of the molecule is COc1ccc(NC(=O)C(NC(=O)C23CC4CC(CC(C4)C2)C3)C(C)C)cn1. The van der Waals surface area contributed by atoms with E-state index in [1.54, 1.807) is 25.4 Å². The maximum absolute atomic E-state index is 13.3. The summed E-state index contributed by atoms with van der Waals surface area (Å²) in [5.74, 6) is 2.50. The molecule has 1 heterocycles.